The van der Waals surface area contributed by atoms with Gasteiger partial charge in [-0.2, -0.15) is 0 Å². The van der Waals surface area contributed by atoms with E-state index in [1.165, 1.54) is 44.5 Å². The molecule has 0 aliphatic carbocycles. The summed E-state index contributed by atoms with van der Waals surface area (Å²) < 4.78 is 0. The molecule has 0 atom stereocenters. The predicted octanol–water partition coefficient (Wildman–Crippen LogP) is 4.99. The van der Waals surface area contributed by atoms with Crippen LogP contribution in [-0.2, 0) is 5.41 Å². The molecular weight excluding hydrogens is 263 g/mol. The molecule has 0 aliphatic rings. The normalized spacial score (nSPS) is 11.8. The molecule has 114 valence electrons. The maximum Gasteiger partial charge on any atom is 0.115 e. The Labute approximate surface area is 137 Å². The molecule has 0 nitrogen and oxygen atoms in total. The Hall–Kier alpha value is -1.50. The fraction of sp³-hybridized carbons (Fsp3) is 0.429. The largest absolute Gasteiger partial charge is 0.115 e. The molecule has 1 heteroatoms. The summed E-state index contributed by atoms with van der Waals surface area (Å²) in [5.74, 6) is 0. The lowest BCUT2D eigenvalue weighted by Crippen LogP contribution is -2.17. The first kappa shape index (κ1) is 16.9. The zero-order valence-corrected chi connectivity index (χ0v) is 15.3. The molecule has 2 radical (unpaired) electrons. The molecule has 0 spiro atoms. The first-order valence-corrected chi connectivity index (χ1v) is 8.03. The van der Waals surface area contributed by atoms with Crippen LogP contribution in [0.25, 0.3) is 11.1 Å². The lowest BCUT2D eigenvalue weighted by molar-refractivity contribution is 0.590. The van der Waals surface area contributed by atoms with E-state index in [4.69, 9.17) is 7.85 Å². The van der Waals surface area contributed by atoms with Crippen molar-refractivity contribution in [1.82, 2.24) is 0 Å². The third kappa shape index (κ3) is 2.74. The minimum absolute atomic E-state index is 0.170. The van der Waals surface area contributed by atoms with E-state index in [2.05, 4.69) is 73.6 Å². The molecule has 0 saturated heterocycles. The Kier molecular flexibility index (Phi) is 4.30. The summed E-state index contributed by atoms with van der Waals surface area (Å²) in [4.78, 5) is 0. The first-order valence-electron chi connectivity index (χ1n) is 8.03. The van der Waals surface area contributed by atoms with Gasteiger partial charge in [0.2, 0.25) is 0 Å². The molecular formula is C21H27B. The minimum atomic E-state index is 0.170. The Morgan fingerprint density at radius 1 is 0.773 bits per heavy atom. The van der Waals surface area contributed by atoms with Crippen molar-refractivity contribution < 1.29 is 0 Å². The second-order valence-electron chi connectivity index (χ2n) is 7.57. The molecule has 2 aromatic carbocycles. The number of hydrogen-bond donors (Lipinski definition) is 0. The van der Waals surface area contributed by atoms with Crippen molar-refractivity contribution in [2.75, 3.05) is 0 Å². The van der Waals surface area contributed by atoms with E-state index in [9.17, 15) is 0 Å². The van der Waals surface area contributed by atoms with E-state index < -0.39 is 0 Å². The van der Waals surface area contributed by atoms with Gasteiger partial charge >= 0.3 is 0 Å². The van der Waals surface area contributed by atoms with Crippen molar-refractivity contribution in [3.05, 3.63) is 51.6 Å². The van der Waals surface area contributed by atoms with Crippen LogP contribution in [-0.4, -0.2) is 7.85 Å². The number of aryl methyl sites for hydroxylation is 1. The Morgan fingerprint density at radius 2 is 1.32 bits per heavy atom. The fourth-order valence-corrected chi connectivity index (χ4v) is 3.10. The minimum Gasteiger partial charge on any atom is -0.0856 e. The van der Waals surface area contributed by atoms with E-state index in [0.717, 1.165) is 5.46 Å². The summed E-state index contributed by atoms with van der Waals surface area (Å²) in [7, 11) is 6.48. The topological polar surface area (TPSA) is 0 Å². The molecule has 0 bridgehead atoms. The third-order valence-electron chi connectivity index (χ3n) is 5.10. The van der Waals surface area contributed by atoms with Crippen molar-refractivity contribution in [3.8, 4) is 11.1 Å². The van der Waals surface area contributed by atoms with Crippen molar-refractivity contribution in [3.63, 3.8) is 0 Å². The molecule has 0 aromatic heterocycles. The fourth-order valence-electron chi connectivity index (χ4n) is 3.10. The SMILES string of the molecule is [B]c1c(C)c(C)c(C)c(C)c1-c1ccc(C(C)(C)C)cc1C. The monoisotopic (exact) mass is 290 g/mol. The molecule has 0 aliphatic heterocycles. The predicted molar refractivity (Wildman–Crippen MR) is 99.7 cm³/mol. The third-order valence-corrected chi connectivity index (χ3v) is 5.10. The van der Waals surface area contributed by atoms with E-state index in [0.29, 0.717) is 0 Å². The Balaban J connectivity index is 2.74. The highest BCUT2D eigenvalue weighted by Gasteiger charge is 2.18. The van der Waals surface area contributed by atoms with Gasteiger partial charge in [0.15, 0.2) is 0 Å². The van der Waals surface area contributed by atoms with Crippen LogP contribution in [0.4, 0.5) is 0 Å². The maximum atomic E-state index is 6.48. The van der Waals surface area contributed by atoms with Gasteiger partial charge in [-0.1, -0.05) is 50.0 Å². The average molecular weight is 290 g/mol. The summed E-state index contributed by atoms with van der Waals surface area (Å²) in [6.07, 6.45) is 0. The van der Waals surface area contributed by atoms with Gasteiger partial charge in [-0.25, -0.2) is 0 Å². The average Bonchev–Trinajstić information content (AvgIpc) is 2.43. The van der Waals surface area contributed by atoms with Crippen molar-refractivity contribution in [2.24, 2.45) is 0 Å². The molecule has 0 saturated carbocycles. The number of benzene rings is 2. The van der Waals surface area contributed by atoms with Crippen LogP contribution in [0.3, 0.4) is 0 Å². The van der Waals surface area contributed by atoms with Crippen LogP contribution in [0.1, 0.15) is 54.2 Å². The van der Waals surface area contributed by atoms with E-state index >= 15 is 0 Å². The molecule has 2 aromatic rings. The summed E-state index contributed by atoms with van der Waals surface area (Å²) in [5, 5.41) is 0. The zero-order chi connectivity index (χ0) is 16.8. The van der Waals surface area contributed by atoms with Gasteiger partial charge in [-0.05, 0) is 79.0 Å². The molecule has 0 fully saturated rings. The van der Waals surface area contributed by atoms with E-state index in [1.807, 2.05) is 0 Å². The van der Waals surface area contributed by atoms with Gasteiger partial charge in [-0.15, -0.1) is 0 Å². The molecule has 0 amide bonds. The van der Waals surface area contributed by atoms with Crippen LogP contribution in [0.2, 0.25) is 0 Å². The van der Waals surface area contributed by atoms with Crippen LogP contribution in [0.15, 0.2) is 18.2 Å². The lowest BCUT2D eigenvalue weighted by Gasteiger charge is -2.23. The molecule has 0 unspecified atom stereocenters. The second-order valence-corrected chi connectivity index (χ2v) is 7.57. The van der Waals surface area contributed by atoms with Crippen molar-refractivity contribution in [2.45, 2.75) is 60.8 Å². The number of hydrogen-bond acceptors (Lipinski definition) is 0. The highest BCUT2D eigenvalue weighted by Crippen LogP contribution is 2.32. The van der Waals surface area contributed by atoms with Crippen molar-refractivity contribution in [1.29, 1.82) is 0 Å². The van der Waals surface area contributed by atoms with Gasteiger partial charge in [0, 0.05) is 0 Å². The van der Waals surface area contributed by atoms with Crippen LogP contribution in [0, 0.1) is 34.6 Å². The molecule has 0 N–H and O–H groups in total. The molecule has 0 heterocycles. The maximum absolute atomic E-state index is 6.48. The summed E-state index contributed by atoms with van der Waals surface area (Å²) >= 11 is 0. The van der Waals surface area contributed by atoms with Gasteiger partial charge in [0.25, 0.3) is 0 Å². The summed E-state index contributed by atoms with van der Waals surface area (Å²) in [5.41, 5.74) is 11.4. The molecule has 2 rings (SSSR count). The van der Waals surface area contributed by atoms with Crippen LogP contribution in [0.5, 0.6) is 0 Å². The standard InChI is InChI=1S/C21H27B/c1-12-11-17(21(6,7)8)9-10-18(12)19-15(4)13(2)14(3)16(5)20(19)22/h9-11H,1-8H3. The van der Waals surface area contributed by atoms with Gasteiger partial charge in [0.1, 0.15) is 7.85 Å². The Morgan fingerprint density at radius 3 is 1.82 bits per heavy atom. The zero-order valence-electron chi connectivity index (χ0n) is 15.3. The molecule has 22 heavy (non-hydrogen) atoms. The van der Waals surface area contributed by atoms with Gasteiger partial charge in [0.05, 0.1) is 0 Å². The Bertz CT molecular complexity index is 702. The summed E-state index contributed by atoms with van der Waals surface area (Å²) in [6, 6.07) is 6.79. The lowest BCUT2D eigenvalue weighted by atomic mass is 9.76. The van der Waals surface area contributed by atoms with Crippen LogP contribution >= 0.6 is 0 Å². The first-order chi connectivity index (χ1) is 10.1. The quantitative estimate of drug-likeness (QED) is 0.649. The van der Waals surface area contributed by atoms with Crippen LogP contribution < -0.4 is 5.46 Å². The summed E-state index contributed by atoms with van der Waals surface area (Å²) in [6.45, 7) is 17.6. The highest BCUT2D eigenvalue weighted by molar-refractivity contribution is 6.37. The van der Waals surface area contributed by atoms with E-state index in [-0.39, 0.29) is 5.41 Å². The second kappa shape index (κ2) is 5.61. The smallest absolute Gasteiger partial charge is 0.0856 e. The van der Waals surface area contributed by atoms with Crippen molar-refractivity contribution >= 4 is 13.3 Å². The number of rotatable bonds is 1. The van der Waals surface area contributed by atoms with Gasteiger partial charge in [-0.3, -0.25) is 0 Å². The van der Waals surface area contributed by atoms with Gasteiger partial charge < -0.3 is 0 Å². The van der Waals surface area contributed by atoms with E-state index in [1.54, 1.807) is 0 Å². The highest BCUT2D eigenvalue weighted by atomic mass is 14.2.